The molecule has 0 fully saturated rings. The van der Waals surface area contributed by atoms with Crippen LogP contribution < -0.4 is 0 Å². The average Bonchev–Trinajstić information content (AvgIpc) is 2.16. The van der Waals surface area contributed by atoms with Crippen molar-refractivity contribution in [3.05, 3.63) is 29.3 Å². The van der Waals surface area contributed by atoms with Gasteiger partial charge in [-0.15, -0.1) is 11.8 Å². The molecular weight excluding hydrogens is 180 g/mol. The van der Waals surface area contributed by atoms with E-state index in [1.54, 1.807) is 11.8 Å². The number of carbonyl (C=O) groups is 1. The standard InChI is InChI=1S/C11H14OS/c1-9-5-6-10(4-3-7-12)8-11(9)13-2/h5-8H,3-4H2,1-2H3. The smallest absolute Gasteiger partial charge is 0.120 e. The fourth-order valence-corrected chi connectivity index (χ4v) is 1.90. The second-order valence-electron chi connectivity index (χ2n) is 3.01. The zero-order valence-electron chi connectivity index (χ0n) is 8.04. The summed E-state index contributed by atoms with van der Waals surface area (Å²) in [4.78, 5) is 11.5. The summed E-state index contributed by atoms with van der Waals surface area (Å²) in [5.41, 5.74) is 2.56. The Hall–Kier alpha value is -0.760. The normalized spacial score (nSPS) is 10.0. The number of aldehydes is 1. The van der Waals surface area contributed by atoms with Crippen molar-refractivity contribution in [3.63, 3.8) is 0 Å². The predicted octanol–water partition coefficient (Wildman–Crippen LogP) is 2.85. The first-order chi connectivity index (χ1) is 6.27. The van der Waals surface area contributed by atoms with Crippen LogP contribution in [0.3, 0.4) is 0 Å². The number of benzene rings is 1. The molecule has 0 bridgehead atoms. The highest BCUT2D eigenvalue weighted by Crippen LogP contribution is 2.21. The lowest BCUT2D eigenvalue weighted by Gasteiger charge is -2.04. The molecule has 13 heavy (non-hydrogen) atoms. The van der Waals surface area contributed by atoms with Gasteiger partial charge < -0.3 is 4.79 Å². The van der Waals surface area contributed by atoms with Crippen molar-refractivity contribution in [2.45, 2.75) is 24.7 Å². The Morgan fingerprint density at radius 1 is 1.46 bits per heavy atom. The third-order valence-electron chi connectivity index (χ3n) is 2.02. The molecule has 0 aromatic heterocycles. The molecule has 1 aromatic carbocycles. The van der Waals surface area contributed by atoms with Crippen LogP contribution >= 0.6 is 11.8 Å². The summed E-state index contributed by atoms with van der Waals surface area (Å²) in [5, 5.41) is 0. The van der Waals surface area contributed by atoms with Crippen LogP contribution in [-0.2, 0) is 11.2 Å². The van der Waals surface area contributed by atoms with Crippen molar-refractivity contribution in [1.29, 1.82) is 0 Å². The Bertz CT molecular complexity index is 294. The molecule has 0 radical (unpaired) electrons. The van der Waals surface area contributed by atoms with E-state index in [0.29, 0.717) is 6.42 Å². The van der Waals surface area contributed by atoms with Gasteiger partial charge in [0, 0.05) is 11.3 Å². The lowest BCUT2D eigenvalue weighted by atomic mass is 10.1. The Morgan fingerprint density at radius 3 is 2.85 bits per heavy atom. The lowest BCUT2D eigenvalue weighted by Crippen LogP contribution is -1.88. The van der Waals surface area contributed by atoms with E-state index in [0.717, 1.165) is 12.7 Å². The highest BCUT2D eigenvalue weighted by molar-refractivity contribution is 7.98. The third-order valence-corrected chi connectivity index (χ3v) is 2.90. The maximum atomic E-state index is 10.2. The van der Waals surface area contributed by atoms with Gasteiger partial charge in [-0.25, -0.2) is 0 Å². The van der Waals surface area contributed by atoms with E-state index in [1.807, 2.05) is 0 Å². The molecule has 1 rings (SSSR count). The number of carbonyl (C=O) groups excluding carboxylic acids is 1. The summed E-state index contributed by atoms with van der Waals surface area (Å²) >= 11 is 1.75. The second kappa shape index (κ2) is 5.07. The van der Waals surface area contributed by atoms with Gasteiger partial charge in [-0.1, -0.05) is 12.1 Å². The molecule has 2 heteroatoms. The minimum Gasteiger partial charge on any atom is -0.303 e. The van der Waals surface area contributed by atoms with Crippen LogP contribution in [0.2, 0.25) is 0 Å². The van der Waals surface area contributed by atoms with Crippen molar-refractivity contribution < 1.29 is 4.79 Å². The molecule has 0 aliphatic carbocycles. The van der Waals surface area contributed by atoms with E-state index in [2.05, 4.69) is 31.4 Å². The van der Waals surface area contributed by atoms with E-state index in [9.17, 15) is 4.79 Å². The third kappa shape index (κ3) is 2.88. The van der Waals surface area contributed by atoms with E-state index >= 15 is 0 Å². The summed E-state index contributed by atoms with van der Waals surface area (Å²) in [7, 11) is 0. The lowest BCUT2D eigenvalue weighted by molar-refractivity contribution is -0.107. The van der Waals surface area contributed by atoms with Gasteiger partial charge in [0.15, 0.2) is 0 Å². The maximum absolute atomic E-state index is 10.2. The molecular formula is C11H14OS. The number of hydrogen-bond acceptors (Lipinski definition) is 2. The van der Waals surface area contributed by atoms with Gasteiger partial charge in [-0.2, -0.15) is 0 Å². The van der Waals surface area contributed by atoms with E-state index < -0.39 is 0 Å². The van der Waals surface area contributed by atoms with E-state index in [1.165, 1.54) is 16.0 Å². The van der Waals surface area contributed by atoms with Gasteiger partial charge in [-0.05, 0) is 36.8 Å². The minimum absolute atomic E-state index is 0.622. The molecule has 0 unspecified atom stereocenters. The number of hydrogen-bond donors (Lipinski definition) is 0. The molecule has 70 valence electrons. The van der Waals surface area contributed by atoms with Crippen LogP contribution in [0.15, 0.2) is 23.1 Å². The van der Waals surface area contributed by atoms with Crippen molar-refractivity contribution in [3.8, 4) is 0 Å². The first-order valence-electron chi connectivity index (χ1n) is 4.35. The summed E-state index contributed by atoms with van der Waals surface area (Å²) < 4.78 is 0. The van der Waals surface area contributed by atoms with Gasteiger partial charge in [0.25, 0.3) is 0 Å². The zero-order chi connectivity index (χ0) is 9.68. The molecule has 0 spiro atoms. The molecule has 0 atom stereocenters. The summed E-state index contributed by atoms with van der Waals surface area (Å²) in [6.45, 7) is 2.11. The molecule has 0 amide bonds. The Balaban J connectivity index is 2.79. The summed E-state index contributed by atoms with van der Waals surface area (Å²) in [6.07, 6.45) is 4.53. The zero-order valence-corrected chi connectivity index (χ0v) is 8.86. The summed E-state index contributed by atoms with van der Waals surface area (Å²) in [6, 6.07) is 6.38. The van der Waals surface area contributed by atoms with Gasteiger partial charge in [0.2, 0.25) is 0 Å². The fraction of sp³-hybridized carbons (Fsp3) is 0.364. The van der Waals surface area contributed by atoms with Crippen LogP contribution in [0.5, 0.6) is 0 Å². The molecule has 1 aromatic rings. The molecule has 0 saturated heterocycles. The Labute approximate surface area is 83.5 Å². The first-order valence-corrected chi connectivity index (χ1v) is 5.57. The van der Waals surface area contributed by atoms with E-state index in [-0.39, 0.29) is 0 Å². The number of thioether (sulfide) groups is 1. The van der Waals surface area contributed by atoms with Crippen LogP contribution in [0, 0.1) is 6.92 Å². The monoisotopic (exact) mass is 194 g/mol. The van der Waals surface area contributed by atoms with Crippen LogP contribution in [0.25, 0.3) is 0 Å². The van der Waals surface area contributed by atoms with Crippen LogP contribution in [-0.4, -0.2) is 12.5 Å². The number of rotatable bonds is 4. The summed E-state index contributed by atoms with van der Waals surface area (Å²) in [5.74, 6) is 0. The largest absolute Gasteiger partial charge is 0.303 e. The quantitative estimate of drug-likeness (QED) is 0.541. The maximum Gasteiger partial charge on any atom is 0.120 e. The van der Waals surface area contributed by atoms with Crippen molar-refractivity contribution >= 4 is 18.0 Å². The second-order valence-corrected chi connectivity index (χ2v) is 3.86. The highest BCUT2D eigenvalue weighted by atomic mass is 32.2. The van der Waals surface area contributed by atoms with Gasteiger partial charge in [0.05, 0.1) is 0 Å². The predicted molar refractivity (Wildman–Crippen MR) is 57.3 cm³/mol. The highest BCUT2D eigenvalue weighted by Gasteiger charge is 1.98. The molecule has 0 aliphatic rings. The van der Waals surface area contributed by atoms with Gasteiger partial charge in [-0.3, -0.25) is 0 Å². The van der Waals surface area contributed by atoms with Crippen molar-refractivity contribution in [1.82, 2.24) is 0 Å². The SMILES string of the molecule is CSc1cc(CCC=O)ccc1C. The topological polar surface area (TPSA) is 17.1 Å². The van der Waals surface area contributed by atoms with Gasteiger partial charge >= 0.3 is 0 Å². The van der Waals surface area contributed by atoms with Crippen LogP contribution in [0.4, 0.5) is 0 Å². The van der Waals surface area contributed by atoms with E-state index in [4.69, 9.17) is 0 Å². The first kappa shape index (κ1) is 10.3. The van der Waals surface area contributed by atoms with Crippen LogP contribution in [0.1, 0.15) is 17.5 Å². The molecule has 1 nitrogen and oxygen atoms in total. The Kier molecular flexibility index (Phi) is 4.03. The average molecular weight is 194 g/mol. The minimum atomic E-state index is 0.622. The van der Waals surface area contributed by atoms with Crippen molar-refractivity contribution in [2.24, 2.45) is 0 Å². The van der Waals surface area contributed by atoms with Crippen molar-refractivity contribution in [2.75, 3.05) is 6.26 Å². The molecule has 0 saturated carbocycles. The molecule has 0 N–H and O–H groups in total. The Morgan fingerprint density at radius 2 is 2.23 bits per heavy atom. The number of aryl methyl sites for hydroxylation is 2. The molecule has 0 heterocycles. The fourth-order valence-electron chi connectivity index (χ4n) is 1.25. The molecule has 0 aliphatic heterocycles. The van der Waals surface area contributed by atoms with Gasteiger partial charge in [0.1, 0.15) is 6.29 Å².